The van der Waals surface area contributed by atoms with Gasteiger partial charge in [-0.05, 0) is 29.7 Å². The summed E-state index contributed by atoms with van der Waals surface area (Å²) in [6.45, 7) is 7.58. The fourth-order valence-corrected chi connectivity index (χ4v) is 3.12. The van der Waals surface area contributed by atoms with Gasteiger partial charge in [0.2, 0.25) is 0 Å². The molecule has 1 aliphatic rings. The summed E-state index contributed by atoms with van der Waals surface area (Å²) in [7, 11) is 2.05. The Morgan fingerprint density at radius 3 is 2.75 bits per heavy atom. The summed E-state index contributed by atoms with van der Waals surface area (Å²) in [6.07, 6.45) is 2.40. The fraction of sp³-hybridized carbons (Fsp3) is 0.684. The van der Waals surface area contributed by atoms with Crippen molar-refractivity contribution in [2.24, 2.45) is 5.92 Å². The van der Waals surface area contributed by atoms with Gasteiger partial charge in [-0.1, -0.05) is 20.3 Å². The summed E-state index contributed by atoms with van der Waals surface area (Å²) in [5, 5.41) is 13.8. The van der Waals surface area contributed by atoms with Crippen LogP contribution in [0.1, 0.15) is 38.7 Å². The lowest BCUT2D eigenvalue weighted by Crippen LogP contribution is -2.44. The van der Waals surface area contributed by atoms with Gasteiger partial charge in [-0.15, -0.1) is 0 Å². The highest BCUT2D eigenvalue weighted by Gasteiger charge is 2.29. The average Bonchev–Trinajstić information content (AvgIpc) is 2.55. The molecule has 0 radical (unpaired) electrons. The molecule has 5 heteroatoms. The summed E-state index contributed by atoms with van der Waals surface area (Å²) in [5.74, 6) is 0.362. The first kappa shape index (κ1) is 19.2. The van der Waals surface area contributed by atoms with Gasteiger partial charge in [0.05, 0.1) is 5.60 Å². The minimum absolute atomic E-state index is 0.225. The molecule has 1 aromatic carbocycles. The molecule has 24 heavy (non-hydrogen) atoms. The largest absolute Gasteiger partial charge is 0.388 e. The fourth-order valence-electron chi connectivity index (χ4n) is 3.12. The van der Waals surface area contributed by atoms with Crippen LogP contribution in [0.25, 0.3) is 0 Å². The molecule has 0 bridgehead atoms. The highest BCUT2D eigenvalue weighted by molar-refractivity contribution is 5.53. The van der Waals surface area contributed by atoms with Crippen molar-refractivity contribution in [3.63, 3.8) is 0 Å². The first-order valence-corrected chi connectivity index (χ1v) is 8.94. The first-order chi connectivity index (χ1) is 11.4. The van der Waals surface area contributed by atoms with Crippen LogP contribution >= 0.6 is 0 Å². The maximum absolute atomic E-state index is 13.7. The van der Waals surface area contributed by atoms with Crippen molar-refractivity contribution < 1.29 is 14.2 Å². The second kappa shape index (κ2) is 8.79. The zero-order chi connectivity index (χ0) is 17.6. The zero-order valence-electron chi connectivity index (χ0n) is 15.1. The van der Waals surface area contributed by atoms with Gasteiger partial charge in [-0.2, -0.15) is 0 Å². The molecule has 1 aromatic rings. The molecule has 1 saturated heterocycles. The molecule has 1 atom stereocenters. The van der Waals surface area contributed by atoms with E-state index >= 15 is 0 Å². The van der Waals surface area contributed by atoms with Crippen LogP contribution in [0.5, 0.6) is 0 Å². The molecule has 0 aliphatic carbocycles. The summed E-state index contributed by atoms with van der Waals surface area (Å²) in [5.41, 5.74) is 1.26. The van der Waals surface area contributed by atoms with Gasteiger partial charge in [0.1, 0.15) is 5.82 Å². The number of hydrogen-bond donors (Lipinski definition) is 2. The molecule has 1 unspecified atom stereocenters. The minimum Gasteiger partial charge on any atom is -0.388 e. The Balaban J connectivity index is 1.99. The van der Waals surface area contributed by atoms with E-state index in [1.807, 2.05) is 6.07 Å². The van der Waals surface area contributed by atoms with Crippen LogP contribution in [0.3, 0.4) is 0 Å². The van der Waals surface area contributed by atoms with Crippen LogP contribution in [0.2, 0.25) is 0 Å². The Bertz CT molecular complexity index is 518. The maximum atomic E-state index is 13.7. The number of ether oxygens (including phenoxy) is 1. The summed E-state index contributed by atoms with van der Waals surface area (Å²) >= 11 is 0. The van der Waals surface area contributed by atoms with Gasteiger partial charge >= 0.3 is 0 Å². The molecule has 0 spiro atoms. The molecular formula is C19H31FN2O2. The zero-order valence-corrected chi connectivity index (χ0v) is 15.1. The van der Waals surface area contributed by atoms with E-state index in [-0.39, 0.29) is 5.82 Å². The van der Waals surface area contributed by atoms with E-state index in [2.05, 4.69) is 31.1 Å². The van der Waals surface area contributed by atoms with Crippen molar-refractivity contribution in [1.29, 1.82) is 0 Å². The SMILES string of the molecule is CCC(C)CN(C)c1ccc(F)cc1CNCC1(O)CCOCC1. The lowest BCUT2D eigenvalue weighted by Gasteiger charge is -2.32. The van der Waals surface area contributed by atoms with E-state index in [0.29, 0.717) is 45.1 Å². The van der Waals surface area contributed by atoms with Crippen molar-refractivity contribution in [3.8, 4) is 0 Å². The summed E-state index contributed by atoms with van der Waals surface area (Å²) < 4.78 is 19.0. The third-order valence-corrected chi connectivity index (χ3v) is 4.93. The van der Waals surface area contributed by atoms with E-state index in [1.54, 1.807) is 6.07 Å². The Kier molecular flexibility index (Phi) is 7.02. The predicted octanol–water partition coefficient (Wildman–Crippen LogP) is 2.94. The Morgan fingerprint density at radius 2 is 2.08 bits per heavy atom. The summed E-state index contributed by atoms with van der Waals surface area (Å²) in [4.78, 5) is 2.19. The van der Waals surface area contributed by atoms with Crippen LogP contribution in [-0.2, 0) is 11.3 Å². The highest BCUT2D eigenvalue weighted by atomic mass is 19.1. The molecule has 0 amide bonds. The number of nitrogens with zero attached hydrogens (tertiary/aromatic N) is 1. The van der Waals surface area contributed by atoms with Crippen molar-refractivity contribution in [2.75, 3.05) is 38.3 Å². The lowest BCUT2D eigenvalue weighted by molar-refractivity contribution is -0.0616. The maximum Gasteiger partial charge on any atom is 0.123 e. The predicted molar refractivity (Wildman–Crippen MR) is 95.8 cm³/mol. The van der Waals surface area contributed by atoms with E-state index in [0.717, 1.165) is 24.2 Å². The number of benzene rings is 1. The minimum atomic E-state index is -0.714. The van der Waals surface area contributed by atoms with Crippen molar-refractivity contribution in [2.45, 2.75) is 45.3 Å². The number of hydrogen-bond acceptors (Lipinski definition) is 4. The van der Waals surface area contributed by atoms with Crippen LogP contribution in [0.4, 0.5) is 10.1 Å². The van der Waals surface area contributed by atoms with E-state index in [9.17, 15) is 9.50 Å². The smallest absolute Gasteiger partial charge is 0.123 e. The molecule has 2 N–H and O–H groups in total. The molecule has 4 nitrogen and oxygen atoms in total. The van der Waals surface area contributed by atoms with E-state index in [4.69, 9.17) is 4.74 Å². The second-order valence-electron chi connectivity index (χ2n) is 7.11. The van der Waals surface area contributed by atoms with Crippen LogP contribution in [0, 0.1) is 11.7 Å². The average molecular weight is 338 g/mol. The molecule has 2 rings (SSSR count). The number of anilines is 1. The molecule has 1 heterocycles. The van der Waals surface area contributed by atoms with Gasteiger partial charge in [0.15, 0.2) is 0 Å². The number of rotatable bonds is 8. The van der Waals surface area contributed by atoms with E-state index in [1.165, 1.54) is 6.07 Å². The normalized spacial score (nSPS) is 18.4. The van der Waals surface area contributed by atoms with Crippen LogP contribution in [-0.4, -0.2) is 44.1 Å². The number of nitrogens with one attached hydrogen (secondary N) is 1. The summed E-state index contributed by atoms with van der Waals surface area (Å²) in [6, 6.07) is 4.94. The third-order valence-electron chi connectivity index (χ3n) is 4.93. The standard InChI is InChI=1S/C19H31FN2O2/c1-4-15(2)13-22(3)18-6-5-17(20)11-16(18)12-21-14-19(23)7-9-24-10-8-19/h5-6,11,15,21,23H,4,7-10,12-14H2,1-3H3. The monoisotopic (exact) mass is 338 g/mol. The van der Waals surface area contributed by atoms with Gasteiger partial charge in [0.25, 0.3) is 0 Å². The molecule has 0 aromatic heterocycles. The van der Waals surface area contributed by atoms with Crippen molar-refractivity contribution >= 4 is 5.69 Å². The Hall–Kier alpha value is -1.17. The molecule has 0 saturated carbocycles. The first-order valence-electron chi connectivity index (χ1n) is 8.94. The van der Waals surface area contributed by atoms with Crippen molar-refractivity contribution in [3.05, 3.63) is 29.6 Å². The van der Waals surface area contributed by atoms with Gasteiger partial charge in [0, 0.05) is 58.4 Å². The molecule has 1 aliphatic heterocycles. The molecule has 136 valence electrons. The van der Waals surface area contributed by atoms with Crippen LogP contribution in [0.15, 0.2) is 18.2 Å². The van der Waals surface area contributed by atoms with Gasteiger partial charge < -0.3 is 20.1 Å². The van der Waals surface area contributed by atoms with Gasteiger partial charge in [-0.3, -0.25) is 0 Å². The molecule has 1 fully saturated rings. The lowest BCUT2D eigenvalue weighted by atomic mass is 9.94. The Labute approximate surface area is 145 Å². The molecular weight excluding hydrogens is 307 g/mol. The second-order valence-corrected chi connectivity index (χ2v) is 7.11. The quantitative estimate of drug-likeness (QED) is 0.765. The van der Waals surface area contributed by atoms with Gasteiger partial charge in [-0.25, -0.2) is 4.39 Å². The van der Waals surface area contributed by atoms with Crippen molar-refractivity contribution in [1.82, 2.24) is 5.32 Å². The van der Waals surface area contributed by atoms with E-state index < -0.39 is 5.60 Å². The van der Waals surface area contributed by atoms with Crippen LogP contribution < -0.4 is 10.2 Å². The highest BCUT2D eigenvalue weighted by Crippen LogP contribution is 2.23. The number of aliphatic hydroxyl groups is 1. The number of halogens is 1. The topological polar surface area (TPSA) is 44.7 Å². The third kappa shape index (κ3) is 5.43. The Morgan fingerprint density at radius 1 is 1.38 bits per heavy atom.